The van der Waals surface area contributed by atoms with Crippen LogP contribution in [0.15, 0.2) is 24.5 Å². The van der Waals surface area contributed by atoms with Crippen molar-refractivity contribution in [2.75, 3.05) is 0 Å². The van der Waals surface area contributed by atoms with E-state index in [1.54, 1.807) is 18.5 Å². The number of nitrogens with zero attached hydrogens (tertiary/aromatic N) is 2. The number of hydrogen-bond donors (Lipinski definition) is 1. The fraction of sp³-hybridized carbons (Fsp3) is 0.500. The third kappa shape index (κ3) is 3.00. The molecule has 0 radical (unpaired) electrons. The molecule has 1 unspecified atom stereocenters. The highest BCUT2D eigenvalue weighted by molar-refractivity contribution is 6.01. The molecule has 2 rings (SSSR count). The van der Waals surface area contributed by atoms with Crippen LogP contribution in [-0.2, 0) is 0 Å². The number of imidazole rings is 1. The van der Waals surface area contributed by atoms with Gasteiger partial charge < -0.3 is 9.67 Å². The number of carboxylic acid groups (broad SMARTS) is 1. The molecular formula is C16H22N2O2. The van der Waals surface area contributed by atoms with Gasteiger partial charge in [-0.1, -0.05) is 38.7 Å². The standard InChI is InChI=1S/C16H22N2O2/c1-3-4-5-6-8-12(2)18-11-17-14-10-7-9-13(15(14)18)16(19)20/h7,9-12H,3-6,8H2,1-2H3,(H,19,20). The molecule has 1 aromatic heterocycles. The maximum Gasteiger partial charge on any atom is 0.337 e. The van der Waals surface area contributed by atoms with E-state index >= 15 is 0 Å². The van der Waals surface area contributed by atoms with Crippen LogP contribution in [-0.4, -0.2) is 20.6 Å². The van der Waals surface area contributed by atoms with E-state index in [1.807, 2.05) is 10.6 Å². The summed E-state index contributed by atoms with van der Waals surface area (Å²) in [6.45, 7) is 4.33. The Kier molecular flexibility index (Phi) is 4.77. The molecule has 0 spiro atoms. The number of unbranched alkanes of at least 4 members (excludes halogenated alkanes) is 3. The minimum Gasteiger partial charge on any atom is -0.478 e. The summed E-state index contributed by atoms with van der Waals surface area (Å²) in [6, 6.07) is 5.53. The van der Waals surface area contributed by atoms with Crippen molar-refractivity contribution in [1.82, 2.24) is 9.55 Å². The second kappa shape index (κ2) is 6.55. The molecule has 2 aromatic rings. The Morgan fingerprint density at radius 3 is 2.85 bits per heavy atom. The largest absolute Gasteiger partial charge is 0.478 e. The maximum absolute atomic E-state index is 11.3. The normalized spacial score (nSPS) is 12.7. The molecule has 0 fully saturated rings. The molecule has 0 aliphatic rings. The minimum absolute atomic E-state index is 0.275. The lowest BCUT2D eigenvalue weighted by Gasteiger charge is -2.15. The summed E-state index contributed by atoms with van der Waals surface area (Å²) in [6.07, 6.45) is 7.72. The first-order valence-corrected chi connectivity index (χ1v) is 7.34. The molecule has 20 heavy (non-hydrogen) atoms. The molecule has 0 saturated heterocycles. The molecule has 1 heterocycles. The van der Waals surface area contributed by atoms with Gasteiger partial charge in [-0.15, -0.1) is 0 Å². The monoisotopic (exact) mass is 274 g/mol. The van der Waals surface area contributed by atoms with Crippen LogP contribution in [0.5, 0.6) is 0 Å². The van der Waals surface area contributed by atoms with Crippen LogP contribution in [0.25, 0.3) is 11.0 Å². The predicted octanol–water partition coefficient (Wildman–Crippen LogP) is 4.27. The average Bonchev–Trinajstić information content (AvgIpc) is 2.87. The van der Waals surface area contributed by atoms with Gasteiger partial charge in [-0.25, -0.2) is 9.78 Å². The van der Waals surface area contributed by atoms with Crippen molar-refractivity contribution in [3.63, 3.8) is 0 Å². The molecule has 0 bridgehead atoms. The van der Waals surface area contributed by atoms with Gasteiger partial charge >= 0.3 is 5.97 Å². The highest BCUT2D eigenvalue weighted by Crippen LogP contribution is 2.24. The van der Waals surface area contributed by atoms with Crippen molar-refractivity contribution in [1.29, 1.82) is 0 Å². The van der Waals surface area contributed by atoms with E-state index in [1.165, 1.54) is 25.7 Å². The number of rotatable bonds is 7. The van der Waals surface area contributed by atoms with Crippen molar-refractivity contribution in [2.24, 2.45) is 0 Å². The quantitative estimate of drug-likeness (QED) is 0.767. The van der Waals surface area contributed by atoms with Crippen molar-refractivity contribution >= 4 is 17.0 Å². The summed E-state index contributed by atoms with van der Waals surface area (Å²) in [5.41, 5.74) is 1.83. The molecule has 0 saturated carbocycles. The summed E-state index contributed by atoms with van der Waals surface area (Å²) in [5, 5.41) is 9.31. The lowest BCUT2D eigenvalue weighted by atomic mass is 10.1. The molecule has 4 nitrogen and oxygen atoms in total. The highest BCUT2D eigenvalue weighted by atomic mass is 16.4. The van der Waals surface area contributed by atoms with Crippen LogP contribution in [0.2, 0.25) is 0 Å². The Hall–Kier alpha value is -1.84. The number of aromatic nitrogens is 2. The number of fused-ring (bicyclic) bond motifs is 1. The smallest absolute Gasteiger partial charge is 0.337 e. The molecule has 0 aliphatic carbocycles. The molecule has 0 aliphatic heterocycles. The first-order chi connectivity index (χ1) is 9.65. The number of para-hydroxylation sites is 1. The van der Waals surface area contributed by atoms with Gasteiger partial charge in [0.1, 0.15) is 0 Å². The Morgan fingerprint density at radius 1 is 1.35 bits per heavy atom. The Labute approximate surface area is 119 Å². The van der Waals surface area contributed by atoms with E-state index < -0.39 is 5.97 Å². The lowest BCUT2D eigenvalue weighted by molar-refractivity contribution is 0.0698. The van der Waals surface area contributed by atoms with Gasteiger partial charge in [-0.05, 0) is 25.5 Å². The molecule has 108 valence electrons. The molecule has 1 N–H and O–H groups in total. The molecule has 0 amide bonds. The lowest BCUT2D eigenvalue weighted by Crippen LogP contribution is -2.07. The van der Waals surface area contributed by atoms with Crippen LogP contribution < -0.4 is 0 Å². The Morgan fingerprint density at radius 2 is 2.15 bits per heavy atom. The number of carbonyl (C=O) groups is 1. The summed E-state index contributed by atoms with van der Waals surface area (Å²) >= 11 is 0. The van der Waals surface area contributed by atoms with E-state index in [9.17, 15) is 9.90 Å². The van der Waals surface area contributed by atoms with E-state index in [0.29, 0.717) is 5.56 Å². The van der Waals surface area contributed by atoms with Crippen LogP contribution in [0.3, 0.4) is 0 Å². The highest BCUT2D eigenvalue weighted by Gasteiger charge is 2.16. The summed E-state index contributed by atoms with van der Waals surface area (Å²) in [5.74, 6) is -0.893. The van der Waals surface area contributed by atoms with E-state index in [2.05, 4.69) is 18.8 Å². The molecular weight excluding hydrogens is 252 g/mol. The molecule has 1 atom stereocenters. The average molecular weight is 274 g/mol. The van der Waals surface area contributed by atoms with Gasteiger partial charge in [-0.3, -0.25) is 0 Å². The molecule has 1 aromatic carbocycles. The fourth-order valence-electron chi connectivity index (χ4n) is 2.60. The summed E-state index contributed by atoms with van der Waals surface area (Å²) in [4.78, 5) is 15.7. The maximum atomic E-state index is 11.3. The van der Waals surface area contributed by atoms with Crippen LogP contribution >= 0.6 is 0 Å². The van der Waals surface area contributed by atoms with Gasteiger partial charge in [0.25, 0.3) is 0 Å². The first-order valence-electron chi connectivity index (χ1n) is 7.34. The van der Waals surface area contributed by atoms with Gasteiger partial charge in [0, 0.05) is 6.04 Å². The third-order valence-corrected chi connectivity index (χ3v) is 3.77. The third-order valence-electron chi connectivity index (χ3n) is 3.77. The van der Waals surface area contributed by atoms with Crippen LogP contribution in [0.1, 0.15) is 62.4 Å². The summed E-state index contributed by atoms with van der Waals surface area (Å²) in [7, 11) is 0. The topological polar surface area (TPSA) is 55.1 Å². The second-order valence-electron chi connectivity index (χ2n) is 5.33. The second-order valence-corrected chi connectivity index (χ2v) is 5.33. The van der Waals surface area contributed by atoms with Crippen molar-refractivity contribution < 1.29 is 9.90 Å². The zero-order valence-electron chi connectivity index (χ0n) is 12.2. The predicted molar refractivity (Wildman–Crippen MR) is 80.2 cm³/mol. The Bertz CT molecular complexity index is 589. The first kappa shape index (κ1) is 14.6. The van der Waals surface area contributed by atoms with Crippen LogP contribution in [0.4, 0.5) is 0 Å². The number of carboxylic acids is 1. The SMILES string of the molecule is CCCCCCC(C)n1cnc2cccc(C(=O)O)c21. The zero-order chi connectivity index (χ0) is 14.5. The van der Waals surface area contributed by atoms with Gasteiger partial charge in [0.15, 0.2) is 0 Å². The number of hydrogen-bond acceptors (Lipinski definition) is 2. The van der Waals surface area contributed by atoms with Gasteiger partial charge in [-0.2, -0.15) is 0 Å². The van der Waals surface area contributed by atoms with Crippen LogP contribution in [0, 0.1) is 0 Å². The Balaban J connectivity index is 2.23. The molecule has 4 heteroatoms. The fourth-order valence-corrected chi connectivity index (χ4v) is 2.60. The summed E-state index contributed by atoms with van der Waals surface area (Å²) < 4.78 is 2.00. The zero-order valence-corrected chi connectivity index (χ0v) is 12.2. The minimum atomic E-state index is -0.893. The number of aromatic carboxylic acids is 1. The van der Waals surface area contributed by atoms with E-state index in [0.717, 1.165) is 17.5 Å². The van der Waals surface area contributed by atoms with Gasteiger partial charge in [0.05, 0.1) is 22.9 Å². The van der Waals surface area contributed by atoms with Gasteiger partial charge in [0.2, 0.25) is 0 Å². The number of benzene rings is 1. The van der Waals surface area contributed by atoms with E-state index in [-0.39, 0.29) is 6.04 Å². The van der Waals surface area contributed by atoms with Crippen molar-refractivity contribution in [3.05, 3.63) is 30.1 Å². The van der Waals surface area contributed by atoms with Crippen molar-refractivity contribution in [3.8, 4) is 0 Å². The van der Waals surface area contributed by atoms with Crippen molar-refractivity contribution in [2.45, 2.75) is 52.0 Å². The van der Waals surface area contributed by atoms with E-state index in [4.69, 9.17) is 0 Å².